The van der Waals surface area contributed by atoms with Crippen LogP contribution in [0.15, 0.2) is 46.5 Å². The molecule has 1 aromatic carbocycles. The minimum absolute atomic E-state index is 0.00707. The van der Waals surface area contributed by atoms with E-state index in [2.05, 4.69) is 18.3 Å². The van der Waals surface area contributed by atoms with Crippen LogP contribution in [0.3, 0.4) is 0 Å². The minimum atomic E-state index is -0.922. The van der Waals surface area contributed by atoms with Gasteiger partial charge in [-0.05, 0) is 93.2 Å². The Morgan fingerprint density at radius 3 is 2.72 bits per heavy atom. The fraction of sp³-hybridized carbons (Fsp3) is 0.711. The van der Waals surface area contributed by atoms with Crippen molar-refractivity contribution in [1.82, 2.24) is 5.32 Å². The lowest BCUT2D eigenvalue weighted by atomic mass is 9.73. The molecule has 9 atom stereocenters. The molecule has 6 rings (SSSR count). The number of aryl methyl sites for hydroxylation is 1. The van der Waals surface area contributed by atoms with Crippen LogP contribution in [-0.2, 0) is 11.2 Å². The third-order valence-electron chi connectivity index (χ3n) is 13.1. The molecule has 2 aliphatic heterocycles. The van der Waals surface area contributed by atoms with Gasteiger partial charge in [0.1, 0.15) is 12.2 Å². The maximum absolute atomic E-state index is 11.2. The number of hydrogen-bond acceptors (Lipinski definition) is 9. The third kappa shape index (κ3) is 10.9. The number of phenolic OH excluding ortho intramolecular Hbond substituents is 1. The summed E-state index contributed by atoms with van der Waals surface area (Å²) in [6.45, 7) is 5.44. The highest BCUT2D eigenvalue weighted by atomic mass is 16.5. The molecule has 7 N–H and O–H groups in total. The predicted molar refractivity (Wildman–Crippen MR) is 215 cm³/mol. The van der Waals surface area contributed by atoms with Gasteiger partial charge in [0.15, 0.2) is 29.4 Å². The summed E-state index contributed by atoms with van der Waals surface area (Å²) in [5.41, 5.74) is 10.6. The number of aromatic hydroxyl groups is 1. The van der Waals surface area contributed by atoms with Gasteiger partial charge >= 0.3 is 0 Å². The van der Waals surface area contributed by atoms with Crippen molar-refractivity contribution in [2.75, 3.05) is 26.3 Å². The molecule has 300 valence electrons. The number of fused-ring (bicyclic) bond motifs is 2. The van der Waals surface area contributed by atoms with Gasteiger partial charge in [-0.1, -0.05) is 76.9 Å². The number of aliphatic hydroxyl groups is 3. The summed E-state index contributed by atoms with van der Waals surface area (Å²) >= 11 is 0. The largest absolute Gasteiger partial charge is 0.504 e. The number of unbranched alkanes of at least 4 members (excludes halogenated alkanes) is 2. The molecule has 3 saturated carbocycles. The van der Waals surface area contributed by atoms with Gasteiger partial charge < -0.3 is 41.0 Å². The molecular weight excluding hydrogens is 679 g/mol. The van der Waals surface area contributed by atoms with Crippen molar-refractivity contribution in [3.05, 3.63) is 59.2 Å². The highest BCUT2D eigenvalue weighted by Crippen LogP contribution is 2.47. The Morgan fingerprint density at radius 1 is 1.07 bits per heavy atom. The van der Waals surface area contributed by atoms with E-state index in [1.807, 2.05) is 18.2 Å². The van der Waals surface area contributed by atoms with Gasteiger partial charge in [0, 0.05) is 38.3 Å². The monoisotopic (exact) mass is 748 g/mol. The topological polar surface area (TPSA) is 150 Å². The van der Waals surface area contributed by atoms with Gasteiger partial charge in [0.25, 0.3) is 0 Å². The molecule has 3 aliphatic carbocycles. The van der Waals surface area contributed by atoms with Gasteiger partial charge in [0.2, 0.25) is 0 Å². The lowest BCUT2D eigenvalue weighted by Gasteiger charge is -2.35. The summed E-state index contributed by atoms with van der Waals surface area (Å²) in [6.07, 6.45) is 22.7. The van der Waals surface area contributed by atoms with Crippen LogP contribution in [0.2, 0.25) is 0 Å². The number of rotatable bonds is 20. The quantitative estimate of drug-likeness (QED) is 0.0610. The van der Waals surface area contributed by atoms with Crippen molar-refractivity contribution >= 4 is 5.71 Å². The van der Waals surface area contributed by atoms with Crippen molar-refractivity contribution in [2.24, 2.45) is 40.3 Å². The average molecular weight is 748 g/mol. The first-order valence-corrected chi connectivity index (χ1v) is 21.5. The normalized spacial score (nSPS) is 29.3. The Hall–Kier alpha value is -2.53. The van der Waals surface area contributed by atoms with Crippen LogP contribution in [0.1, 0.15) is 122 Å². The Balaban J connectivity index is 0.966. The molecule has 0 bridgehead atoms. The fourth-order valence-electron chi connectivity index (χ4n) is 10.2. The Bertz CT molecular complexity index is 1430. The van der Waals surface area contributed by atoms with Crippen molar-refractivity contribution < 1.29 is 29.9 Å². The summed E-state index contributed by atoms with van der Waals surface area (Å²) in [5.74, 6) is 3.57. The zero-order valence-electron chi connectivity index (χ0n) is 33.1. The number of nitrogens with two attached hydrogens (primary N) is 1. The van der Waals surface area contributed by atoms with Crippen LogP contribution in [-0.4, -0.2) is 76.8 Å². The van der Waals surface area contributed by atoms with E-state index in [1.54, 1.807) is 13.0 Å². The molecular formula is C45H69N3O6. The van der Waals surface area contributed by atoms with Crippen molar-refractivity contribution in [3.8, 4) is 11.5 Å². The summed E-state index contributed by atoms with van der Waals surface area (Å²) in [6, 6.07) is 6.36. The van der Waals surface area contributed by atoms with Gasteiger partial charge in [-0.3, -0.25) is 0 Å². The molecule has 0 amide bonds. The number of hydrogen-bond donors (Lipinski definition) is 6. The van der Waals surface area contributed by atoms with E-state index in [4.69, 9.17) is 20.2 Å². The van der Waals surface area contributed by atoms with Crippen molar-refractivity contribution in [2.45, 2.75) is 147 Å². The summed E-state index contributed by atoms with van der Waals surface area (Å²) in [4.78, 5) is 4.92. The van der Waals surface area contributed by atoms with Crippen LogP contribution in [0.4, 0.5) is 0 Å². The molecule has 54 heavy (non-hydrogen) atoms. The number of aliphatic hydroxyl groups excluding tert-OH is 3. The molecule has 5 aliphatic rings. The number of nitrogens with one attached hydrogen (secondary N) is 1. The molecule has 2 heterocycles. The number of benzene rings is 1. The first-order valence-electron chi connectivity index (χ1n) is 21.5. The molecule has 1 aromatic rings. The van der Waals surface area contributed by atoms with Gasteiger partial charge in [-0.2, -0.15) is 11.6 Å². The zero-order valence-corrected chi connectivity index (χ0v) is 33.1. The molecule has 9 nitrogen and oxygen atoms in total. The minimum Gasteiger partial charge on any atom is -0.504 e. The molecule has 0 radical (unpaired) electrons. The van der Waals surface area contributed by atoms with Crippen LogP contribution in [0, 0.1) is 41.7 Å². The summed E-state index contributed by atoms with van der Waals surface area (Å²) in [5, 5.41) is 45.3. The highest BCUT2D eigenvalue weighted by molar-refractivity contribution is 6.04. The smallest absolute Gasteiger partial charge is 0.189 e. The van der Waals surface area contributed by atoms with Crippen molar-refractivity contribution in [3.63, 3.8) is 0 Å². The predicted octanol–water partition coefficient (Wildman–Crippen LogP) is 7.12. The lowest BCUT2D eigenvalue weighted by Crippen LogP contribution is -2.34. The van der Waals surface area contributed by atoms with Crippen LogP contribution in [0.5, 0.6) is 11.5 Å². The lowest BCUT2D eigenvalue weighted by molar-refractivity contribution is 0.101. The van der Waals surface area contributed by atoms with Crippen LogP contribution in [0.25, 0.3) is 0 Å². The molecule has 0 saturated heterocycles. The third-order valence-corrected chi connectivity index (χ3v) is 13.1. The van der Waals surface area contributed by atoms with E-state index < -0.39 is 12.2 Å². The Kier molecular flexibility index (Phi) is 15.3. The molecule has 9 heteroatoms. The SMILES string of the molecule is CCCC[C@@H]1CC[C@@H](N)C[C@H]1CCCCC1O[C-](CCc2ccc(O)c(OC[C@H](O)[C+]3C=C4C(=N3)CC[C@H]3CCC[C@@H]3[C@H]4CNC[C@H](C)O)c2)C=C1CO. The van der Waals surface area contributed by atoms with E-state index in [1.165, 1.54) is 69.8 Å². The van der Waals surface area contributed by atoms with Crippen molar-refractivity contribution in [1.29, 1.82) is 0 Å². The molecule has 0 aromatic heterocycles. The van der Waals surface area contributed by atoms with Crippen LogP contribution < -0.4 is 15.8 Å². The van der Waals surface area contributed by atoms with Gasteiger partial charge in [0.05, 0.1) is 18.1 Å². The highest BCUT2D eigenvalue weighted by Gasteiger charge is 2.47. The summed E-state index contributed by atoms with van der Waals surface area (Å²) in [7, 11) is 0. The second kappa shape index (κ2) is 20.1. The molecule has 3 fully saturated rings. The van der Waals surface area contributed by atoms with E-state index in [0.29, 0.717) is 55.0 Å². The average Bonchev–Trinajstić information content (AvgIpc) is 3.90. The first kappa shape index (κ1) is 41.1. The fourth-order valence-corrected chi connectivity index (χ4v) is 10.2. The first-order chi connectivity index (χ1) is 26.2. The standard InChI is InChI=1S/C45H69N3O6/c1-3-4-8-31-15-17-35(46)22-33(31)9-5-6-12-44-34(27-49)23-36(54-44)18-13-30-14-20-42(51)45(21-30)53-28-43(52)41-24-38-39(26-47-25-29(2)50)37-11-7-10-32(37)16-19-40(38)48-41/h14,20-21,23-24,29,31-33,35,37,39,43-44,47,49-52H,3-13,15-19,22,25-28,46H2,1-2H3/t29-,31+,32+,33+,35+,37-,39+,43-,44?/m0/s1. The summed E-state index contributed by atoms with van der Waals surface area (Å²) < 4.78 is 12.4. The van der Waals surface area contributed by atoms with E-state index in [9.17, 15) is 20.4 Å². The number of aliphatic imine (C=N–C) groups is 1. The maximum Gasteiger partial charge on any atom is 0.189 e. The molecule has 0 spiro atoms. The van der Waals surface area contributed by atoms with Gasteiger partial charge in [-0.15, -0.1) is 4.99 Å². The maximum atomic E-state index is 11.2. The number of phenols is 1. The van der Waals surface area contributed by atoms with Gasteiger partial charge in [-0.25, -0.2) is 0 Å². The van der Waals surface area contributed by atoms with Crippen LogP contribution >= 0.6 is 0 Å². The number of ether oxygens (including phenoxy) is 2. The zero-order chi connectivity index (χ0) is 38.0. The van der Waals surface area contributed by atoms with E-state index >= 15 is 0 Å². The molecule has 1 unspecified atom stereocenters. The van der Waals surface area contributed by atoms with E-state index in [-0.39, 0.29) is 25.1 Å². The Labute approximate surface area is 324 Å². The second-order valence-electron chi connectivity index (χ2n) is 17.2. The Morgan fingerprint density at radius 2 is 1.91 bits per heavy atom. The number of nitrogens with zero attached hydrogens (tertiary/aromatic N) is 1. The van der Waals surface area contributed by atoms with E-state index in [0.717, 1.165) is 73.4 Å². The second-order valence-corrected chi connectivity index (χ2v) is 17.2.